The van der Waals surface area contributed by atoms with Gasteiger partial charge in [0, 0.05) is 6.04 Å². The number of rotatable bonds is 3. The first-order chi connectivity index (χ1) is 8.87. The molecule has 1 saturated carbocycles. The molecular weight excluding hydrogens is 288 g/mol. The van der Waals surface area contributed by atoms with Crippen LogP contribution in [0, 0.1) is 5.41 Å². The van der Waals surface area contributed by atoms with Crippen molar-refractivity contribution in [2.24, 2.45) is 5.41 Å². The summed E-state index contributed by atoms with van der Waals surface area (Å²) < 4.78 is 79.6. The van der Waals surface area contributed by atoms with Crippen LogP contribution in [0.25, 0.3) is 0 Å². The zero-order valence-corrected chi connectivity index (χ0v) is 11.5. The van der Waals surface area contributed by atoms with Gasteiger partial charge >= 0.3 is 12.4 Å². The fourth-order valence-corrected chi connectivity index (χ4v) is 2.51. The summed E-state index contributed by atoms with van der Waals surface area (Å²) in [6, 6.07) is -0.504. The van der Waals surface area contributed by atoms with Crippen LogP contribution in [0.3, 0.4) is 0 Å². The van der Waals surface area contributed by atoms with Crippen LogP contribution in [0.4, 0.5) is 26.3 Å². The lowest BCUT2D eigenvalue weighted by Crippen LogP contribution is -2.53. The smallest absolute Gasteiger partial charge is 0.356 e. The van der Waals surface area contributed by atoms with Crippen molar-refractivity contribution in [3.05, 3.63) is 0 Å². The number of hydrogen-bond acceptors (Lipinski definition) is 2. The van der Waals surface area contributed by atoms with Gasteiger partial charge in [-0.15, -0.1) is 0 Å². The van der Waals surface area contributed by atoms with Gasteiger partial charge in [0.05, 0.1) is 6.10 Å². The molecule has 2 unspecified atom stereocenters. The minimum atomic E-state index is -5.46. The molecule has 0 aliphatic heterocycles. The number of nitrogens with one attached hydrogen (secondary N) is 1. The molecule has 0 aromatic carbocycles. The van der Waals surface area contributed by atoms with Gasteiger partial charge in [-0.25, -0.2) is 0 Å². The summed E-state index contributed by atoms with van der Waals surface area (Å²) in [5.74, 6) is 0. The predicted octanol–water partition coefficient (Wildman–Crippen LogP) is 3.66. The molecule has 2 nitrogen and oxygen atoms in total. The number of likely N-dealkylation sites (N-methyl/N-ethyl adjacent to an activating group) is 1. The van der Waals surface area contributed by atoms with Gasteiger partial charge in [-0.3, -0.25) is 0 Å². The minimum absolute atomic E-state index is 0.154. The van der Waals surface area contributed by atoms with E-state index in [4.69, 9.17) is 0 Å². The molecule has 0 amide bonds. The van der Waals surface area contributed by atoms with E-state index in [0.717, 1.165) is 6.42 Å². The Labute approximate surface area is 113 Å². The Hall–Kier alpha value is -0.500. The highest BCUT2D eigenvalue weighted by Gasteiger charge is 2.59. The maximum atomic E-state index is 12.5. The van der Waals surface area contributed by atoms with Crippen molar-refractivity contribution in [3.8, 4) is 0 Å². The first kappa shape index (κ1) is 17.6. The van der Waals surface area contributed by atoms with E-state index in [1.807, 2.05) is 13.8 Å². The van der Waals surface area contributed by atoms with Gasteiger partial charge < -0.3 is 10.1 Å². The molecule has 0 saturated heterocycles. The molecule has 1 aliphatic carbocycles. The van der Waals surface area contributed by atoms with E-state index in [1.165, 1.54) is 7.05 Å². The van der Waals surface area contributed by atoms with E-state index < -0.39 is 30.6 Å². The van der Waals surface area contributed by atoms with Gasteiger partial charge in [0.2, 0.25) is 6.10 Å². The Morgan fingerprint density at radius 2 is 1.60 bits per heavy atom. The third-order valence-corrected chi connectivity index (χ3v) is 3.61. The van der Waals surface area contributed by atoms with E-state index in [0.29, 0.717) is 6.42 Å². The zero-order chi connectivity index (χ0) is 15.8. The highest BCUT2D eigenvalue weighted by atomic mass is 19.4. The number of ether oxygens (including phenoxy) is 1. The largest absolute Gasteiger partial charge is 0.423 e. The van der Waals surface area contributed by atoms with Crippen molar-refractivity contribution in [2.75, 3.05) is 7.05 Å². The van der Waals surface area contributed by atoms with Gasteiger partial charge in [-0.05, 0) is 31.7 Å². The molecule has 120 valence electrons. The summed E-state index contributed by atoms with van der Waals surface area (Å²) in [5, 5.41) is 2.74. The predicted molar refractivity (Wildman–Crippen MR) is 61.3 cm³/mol. The lowest BCUT2D eigenvalue weighted by Gasteiger charge is -2.42. The molecule has 2 atom stereocenters. The van der Waals surface area contributed by atoms with Crippen molar-refractivity contribution in [1.82, 2.24) is 5.32 Å². The van der Waals surface area contributed by atoms with Crippen molar-refractivity contribution < 1.29 is 31.1 Å². The van der Waals surface area contributed by atoms with Crippen molar-refractivity contribution in [3.63, 3.8) is 0 Å². The van der Waals surface area contributed by atoms with Crippen LogP contribution in [-0.4, -0.2) is 37.7 Å². The maximum absolute atomic E-state index is 12.5. The minimum Gasteiger partial charge on any atom is -0.356 e. The SMILES string of the molecule is CNC1CCC(C)(C)CC1OC(C(F)(F)F)C(F)(F)F. The van der Waals surface area contributed by atoms with Crippen LogP contribution in [0.15, 0.2) is 0 Å². The van der Waals surface area contributed by atoms with Crippen LogP contribution in [0.2, 0.25) is 0 Å². The summed E-state index contributed by atoms with van der Waals surface area (Å²) >= 11 is 0. The Morgan fingerprint density at radius 1 is 1.10 bits per heavy atom. The van der Waals surface area contributed by atoms with Crippen molar-refractivity contribution in [2.45, 2.75) is 63.7 Å². The van der Waals surface area contributed by atoms with Crippen molar-refractivity contribution >= 4 is 0 Å². The Bertz CT molecular complexity index is 311. The van der Waals surface area contributed by atoms with Gasteiger partial charge in [0.1, 0.15) is 0 Å². The van der Waals surface area contributed by atoms with Gasteiger partial charge in [0.25, 0.3) is 0 Å². The molecule has 0 bridgehead atoms. The molecule has 0 spiro atoms. The van der Waals surface area contributed by atoms with E-state index in [9.17, 15) is 26.3 Å². The fourth-order valence-electron chi connectivity index (χ4n) is 2.51. The summed E-state index contributed by atoms with van der Waals surface area (Å²) in [7, 11) is 1.51. The quantitative estimate of drug-likeness (QED) is 0.803. The highest BCUT2D eigenvalue weighted by molar-refractivity contribution is 4.91. The summed E-state index contributed by atoms with van der Waals surface area (Å²) in [6.45, 7) is 3.62. The summed E-state index contributed by atoms with van der Waals surface area (Å²) in [4.78, 5) is 0. The molecule has 0 aromatic rings. The molecule has 0 heterocycles. The molecule has 1 N–H and O–H groups in total. The Morgan fingerprint density at radius 3 is 2.00 bits per heavy atom. The normalized spacial score (nSPS) is 27.9. The standard InChI is InChI=1S/C12H19F6NO/c1-10(2)5-4-7(19-3)8(6-10)20-9(11(13,14)15)12(16,17)18/h7-9,19H,4-6H2,1-3H3. The lowest BCUT2D eigenvalue weighted by molar-refractivity contribution is -0.335. The molecule has 20 heavy (non-hydrogen) atoms. The van der Waals surface area contributed by atoms with Gasteiger partial charge in [-0.2, -0.15) is 26.3 Å². The van der Waals surface area contributed by atoms with Crippen LogP contribution >= 0.6 is 0 Å². The van der Waals surface area contributed by atoms with Gasteiger partial charge in [0.15, 0.2) is 0 Å². The molecule has 1 aliphatic rings. The number of alkyl halides is 6. The number of halogens is 6. The monoisotopic (exact) mass is 307 g/mol. The van der Waals surface area contributed by atoms with Crippen LogP contribution in [-0.2, 0) is 4.74 Å². The number of hydrogen-bond donors (Lipinski definition) is 1. The maximum Gasteiger partial charge on any atom is 0.423 e. The highest BCUT2D eigenvalue weighted by Crippen LogP contribution is 2.41. The average molecular weight is 307 g/mol. The second-order valence-electron chi connectivity index (χ2n) is 5.94. The average Bonchev–Trinajstić information content (AvgIpc) is 2.22. The molecule has 8 heteroatoms. The van der Waals surface area contributed by atoms with E-state index in [2.05, 4.69) is 10.1 Å². The second kappa shape index (κ2) is 5.71. The Kier molecular flexibility index (Phi) is 5.01. The van der Waals surface area contributed by atoms with Crippen LogP contribution < -0.4 is 5.32 Å². The van der Waals surface area contributed by atoms with Gasteiger partial charge in [-0.1, -0.05) is 13.8 Å². The van der Waals surface area contributed by atoms with E-state index in [-0.39, 0.29) is 11.8 Å². The second-order valence-corrected chi connectivity index (χ2v) is 5.94. The molecule has 1 fully saturated rings. The van der Waals surface area contributed by atoms with Crippen LogP contribution in [0.1, 0.15) is 33.1 Å². The Balaban J connectivity index is 2.90. The fraction of sp³-hybridized carbons (Fsp3) is 1.00. The molecule has 0 aromatic heterocycles. The van der Waals surface area contributed by atoms with Crippen LogP contribution in [0.5, 0.6) is 0 Å². The van der Waals surface area contributed by atoms with E-state index >= 15 is 0 Å². The zero-order valence-electron chi connectivity index (χ0n) is 11.5. The summed E-state index contributed by atoms with van der Waals surface area (Å²) in [5.41, 5.74) is -0.334. The first-order valence-electron chi connectivity index (χ1n) is 6.33. The first-order valence-corrected chi connectivity index (χ1v) is 6.33. The topological polar surface area (TPSA) is 21.3 Å². The lowest BCUT2D eigenvalue weighted by atomic mass is 9.74. The molecule has 1 rings (SSSR count). The third-order valence-electron chi connectivity index (χ3n) is 3.61. The van der Waals surface area contributed by atoms with E-state index in [1.54, 1.807) is 0 Å². The van der Waals surface area contributed by atoms with Crippen molar-refractivity contribution in [1.29, 1.82) is 0 Å². The third kappa shape index (κ3) is 4.51. The molecular formula is C12H19F6NO. The summed E-state index contributed by atoms with van der Waals surface area (Å²) in [6.07, 6.45) is -14.4. The molecule has 0 radical (unpaired) electrons.